The van der Waals surface area contributed by atoms with Crippen LogP contribution in [0.2, 0.25) is 0 Å². The molecule has 27 heavy (non-hydrogen) atoms. The molecule has 5 nitrogen and oxygen atoms in total. The van der Waals surface area contributed by atoms with Crippen LogP contribution in [0.5, 0.6) is 0 Å². The standard InChI is InChI=1S/C18H19F3N2O3S/c1-3-17(24)22-15-8-4-13(5-9-15)12(2)23-27(25,26)16-10-6-14(7-11-16)18(19,20)21/h4-12,23H,3H2,1-2H3,(H,22,24). The topological polar surface area (TPSA) is 75.3 Å². The zero-order chi connectivity index (χ0) is 20.2. The van der Waals surface area contributed by atoms with Crippen LogP contribution in [-0.4, -0.2) is 14.3 Å². The summed E-state index contributed by atoms with van der Waals surface area (Å²) in [4.78, 5) is 11.1. The molecule has 0 aliphatic heterocycles. The van der Waals surface area contributed by atoms with Crippen molar-refractivity contribution >= 4 is 21.6 Å². The molecule has 0 heterocycles. The van der Waals surface area contributed by atoms with E-state index in [1.165, 1.54) is 0 Å². The van der Waals surface area contributed by atoms with Gasteiger partial charge in [-0.1, -0.05) is 19.1 Å². The zero-order valence-corrected chi connectivity index (χ0v) is 15.5. The van der Waals surface area contributed by atoms with Gasteiger partial charge < -0.3 is 5.32 Å². The first-order valence-electron chi connectivity index (χ1n) is 8.12. The van der Waals surface area contributed by atoms with E-state index in [9.17, 15) is 26.4 Å². The number of halogens is 3. The number of carbonyl (C=O) groups is 1. The van der Waals surface area contributed by atoms with Crippen molar-refractivity contribution in [1.29, 1.82) is 0 Å². The van der Waals surface area contributed by atoms with Gasteiger partial charge in [-0.05, 0) is 48.9 Å². The summed E-state index contributed by atoms with van der Waals surface area (Å²) in [5.41, 5.74) is 0.308. The summed E-state index contributed by atoms with van der Waals surface area (Å²) < 4.78 is 65.0. The smallest absolute Gasteiger partial charge is 0.326 e. The second-order valence-corrected chi connectivity index (χ2v) is 7.60. The van der Waals surface area contributed by atoms with Crippen molar-refractivity contribution in [3.05, 3.63) is 59.7 Å². The average Bonchev–Trinajstić information content (AvgIpc) is 2.61. The molecular formula is C18H19F3N2O3S. The number of alkyl halides is 3. The Hall–Kier alpha value is -2.39. The molecule has 2 aromatic carbocycles. The number of sulfonamides is 1. The summed E-state index contributed by atoms with van der Waals surface area (Å²) in [7, 11) is -3.99. The van der Waals surface area contributed by atoms with Crippen LogP contribution < -0.4 is 10.0 Å². The zero-order valence-electron chi connectivity index (χ0n) is 14.7. The third kappa shape index (κ3) is 5.54. The van der Waals surface area contributed by atoms with Crippen LogP contribution in [0.1, 0.15) is 37.4 Å². The minimum atomic E-state index is -4.53. The van der Waals surface area contributed by atoms with Gasteiger partial charge in [0.1, 0.15) is 0 Å². The lowest BCUT2D eigenvalue weighted by Crippen LogP contribution is -2.27. The Morgan fingerprint density at radius 1 is 1.04 bits per heavy atom. The Kier molecular flexibility index (Phi) is 6.27. The molecule has 146 valence electrons. The first-order valence-corrected chi connectivity index (χ1v) is 9.60. The molecule has 2 N–H and O–H groups in total. The van der Waals surface area contributed by atoms with Crippen molar-refractivity contribution in [2.75, 3.05) is 5.32 Å². The van der Waals surface area contributed by atoms with E-state index in [1.54, 1.807) is 38.1 Å². The van der Waals surface area contributed by atoms with Gasteiger partial charge in [0.25, 0.3) is 0 Å². The normalized spacial score (nSPS) is 13.2. The molecule has 1 unspecified atom stereocenters. The number of benzene rings is 2. The summed E-state index contributed by atoms with van der Waals surface area (Å²) in [6.45, 7) is 3.34. The number of hydrogen-bond acceptors (Lipinski definition) is 3. The van der Waals surface area contributed by atoms with Crippen LogP contribution >= 0.6 is 0 Å². The maximum Gasteiger partial charge on any atom is 0.416 e. The van der Waals surface area contributed by atoms with Crippen LogP contribution in [-0.2, 0) is 21.0 Å². The van der Waals surface area contributed by atoms with Gasteiger partial charge in [-0.3, -0.25) is 4.79 Å². The number of anilines is 1. The summed E-state index contributed by atoms with van der Waals surface area (Å²) in [6, 6.07) is 9.28. The number of hydrogen-bond donors (Lipinski definition) is 2. The molecule has 0 radical (unpaired) electrons. The van der Waals surface area contributed by atoms with E-state index in [4.69, 9.17) is 0 Å². The van der Waals surface area contributed by atoms with Gasteiger partial charge >= 0.3 is 6.18 Å². The van der Waals surface area contributed by atoms with Crippen LogP contribution in [0.4, 0.5) is 18.9 Å². The van der Waals surface area contributed by atoms with Crippen molar-refractivity contribution in [1.82, 2.24) is 4.72 Å². The third-order valence-electron chi connectivity index (χ3n) is 3.84. The number of amides is 1. The minimum absolute atomic E-state index is 0.140. The molecule has 1 amide bonds. The van der Waals surface area contributed by atoms with Crippen molar-refractivity contribution in [2.45, 2.75) is 37.4 Å². The fraction of sp³-hybridized carbons (Fsp3) is 0.278. The van der Waals surface area contributed by atoms with Crippen molar-refractivity contribution in [3.8, 4) is 0 Å². The lowest BCUT2D eigenvalue weighted by Gasteiger charge is -2.16. The lowest BCUT2D eigenvalue weighted by atomic mass is 10.1. The molecule has 2 aromatic rings. The van der Waals surface area contributed by atoms with Gasteiger partial charge in [-0.15, -0.1) is 0 Å². The minimum Gasteiger partial charge on any atom is -0.326 e. The highest BCUT2D eigenvalue weighted by atomic mass is 32.2. The predicted octanol–water partition coefficient (Wildman–Crippen LogP) is 4.09. The molecule has 0 saturated carbocycles. The average molecular weight is 400 g/mol. The summed E-state index contributed by atoms with van der Waals surface area (Å²) in [5.74, 6) is -0.140. The van der Waals surface area contributed by atoms with Gasteiger partial charge in [-0.2, -0.15) is 13.2 Å². The Morgan fingerprint density at radius 3 is 2.07 bits per heavy atom. The third-order valence-corrected chi connectivity index (χ3v) is 5.40. The molecule has 0 aliphatic carbocycles. The fourth-order valence-electron chi connectivity index (χ4n) is 2.30. The second kappa shape index (κ2) is 8.10. The van der Waals surface area contributed by atoms with Crippen molar-refractivity contribution < 1.29 is 26.4 Å². The van der Waals surface area contributed by atoms with E-state index >= 15 is 0 Å². The van der Waals surface area contributed by atoms with Gasteiger partial charge in [0.05, 0.1) is 10.5 Å². The summed E-state index contributed by atoms with van der Waals surface area (Å²) in [6.07, 6.45) is -4.19. The van der Waals surface area contributed by atoms with Gasteiger partial charge in [0.2, 0.25) is 15.9 Å². The van der Waals surface area contributed by atoms with Crippen LogP contribution in [0.3, 0.4) is 0 Å². The molecular weight excluding hydrogens is 381 g/mol. The Morgan fingerprint density at radius 2 is 1.59 bits per heavy atom. The highest BCUT2D eigenvalue weighted by Gasteiger charge is 2.30. The number of carbonyl (C=O) groups excluding carboxylic acids is 1. The molecule has 0 saturated heterocycles. The SMILES string of the molecule is CCC(=O)Nc1ccc(C(C)NS(=O)(=O)c2ccc(C(F)(F)F)cc2)cc1. The highest BCUT2D eigenvalue weighted by molar-refractivity contribution is 7.89. The molecule has 0 spiro atoms. The van der Waals surface area contributed by atoms with Gasteiger partial charge in [0.15, 0.2) is 0 Å². The first-order chi connectivity index (χ1) is 12.5. The molecule has 0 aromatic heterocycles. The Balaban J connectivity index is 2.11. The van der Waals surface area contributed by atoms with Crippen molar-refractivity contribution in [2.24, 2.45) is 0 Å². The predicted molar refractivity (Wildman–Crippen MR) is 95.5 cm³/mol. The van der Waals surface area contributed by atoms with Crippen LogP contribution in [0, 0.1) is 0 Å². The monoisotopic (exact) mass is 400 g/mol. The van der Waals surface area contributed by atoms with Crippen molar-refractivity contribution in [3.63, 3.8) is 0 Å². The van der Waals surface area contributed by atoms with E-state index in [1.807, 2.05) is 0 Å². The van der Waals surface area contributed by atoms with E-state index in [0.29, 0.717) is 17.7 Å². The molecule has 9 heteroatoms. The summed E-state index contributed by atoms with van der Waals surface area (Å²) in [5, 5.41) is 2.68. The van der Waals surface area contributed by atoms with E-state index in [2.05, 4.69) is 10.0 Å². The fourth-order valence-corrected chi connectivity index (χ4v) is 3.53. The molecule has 0 fully saturated rings. The van der Waals surface area contributed by atoms with E-state index < -0.39 is 27.8 Å². The van der Waals surface area contributed by atoms with E-state index in [-0.39, 0.29) is 10.8 Å². The largest absolute Gasteiger partial charge is 0.416 e. The molecule has 2 rings (SSSR count). The van der Waals surface area contributed by atoms with Crippen LogP contribution in [0.15, 0.2) is 53.4 Å². The second-order valence-electron chi connectivity index (χ2n) is 5.89. The Labute approximate surface area is 155 Å². The lowest BCUT2D eigenvalue weighted by molar-refractivity contribution is -0.137. The first kappa shape index (κ1) is 20.9. The maximum absolute atomic E-state index is 12.6. The Bertz CT molecular complexity index is 893. The highest BCUT2D eigenvalue weighted by Crippen LogP contribution is 2.30. The number of rotatable bonds is 6. The van der Waals surface area contributed by atoms with Crippen LogP contribution in [0.25, 0.3) is 0 Å². The van der Waals surface area contributed by atoms with E-state index in [0.717, 1.165) is 24.3 Å². The van der Waals surface area contributed by atoms with Gasteiger partial charge in [-0.25, -0.2) is 13.1 Å². The maximum atomic E-state index is 12.6. The molecule has 0 aliphatic rings. The quantitative estimate of drug-likeness (QED) is 0.767. The number of nitrogens with one attached hydrogen (secondary N) is 2. The molecule has 0 bridgehead atoms. The molecule has 1 atom stereocenters. The summed E-state index contributed by atoms with van der Waals surface area (Å²) >= 11 is 0. The van der Waals surface area contributed by atoms with Gasteiger partial charge in [0, 0.05) is 18.2 Å².